The van der Waals surface area contributed by atoms with Crippen molar-refractivity contribution < 1.29 is 0 Å². The van der Waals surface area contributed by atoms with Crippen molar-refractivity contribution >= 4 is 7.28 Å². The van der Waals surface area contributed by atoms with Crippen molar-refractivity contribution in [3.05, 3.63) is 35.4 Å². The lowest BCUT2D eigenvalue weighted by Crippen LogP contribution is -1.94. The van der Waals surface area contributed by atoms with E-state index in [2.05, 4.69) is 38.1 Å². The zero-order valence-corrected chi connectivity index (χ0v) is 8.12. The van der Waals surface area contributed by atoms with Crippen molar-refractivity contribution in [2.24, 2.45) is 0 Å². The minimum atomic E-state index is 0.578. The van der Waals surface area contributed by atoms with Crippen molar-refractivity contribution in [2.75, 3.05) is 0 Å². The van der Waals surface area contributed by atoms with Gasteiger partial charge in [-0.25, -0.2) is 5.26 Å². The molecule has 0 N–H and O–H groups in total. The second-order valence-electron chi connectivity index (χ2n) is 3.43. The maximum atomic E-state index is 8.36. The van der Waals surface area contributed by atoms with Gasteiger partial charge in [0, 0.05) is 0 Å². The number of hydrogen-bond donors (Lipinski definition) is 0. The van der Waals surface area contributed by atoms with E-state index in [0.29, 0.717) is 5.92 Å². The lowest BCUT2D eigenvalue weighted by molar-refractivity contribution is 0.866. The molecule has 1 rings (SSSR count). The van der Waals surface area contributed by atoms with Gasteiger partial charge in [0.2, 0.25) is 0 Å². The molecule has 0 bridgehead atoms. The molecule has 1 nitrogen and oxygen atoms in total. The van der Waals surface area contributed by atoms with Gasteiger partial charge < -0.3 is 0 Å². The molecule has 0 saturated heterocycles. The molecule has 13 heavy (non-hydrogen) atoms. The molecular weight excluding hydrogens is 157 g/mol. The van der Waals surface area contributed by atoms with Crippen molar-refractivity contribution in [3.8, 4) is 5.97 Å². The Morgan fingerprint density at radius 3 is 2.38 bits per heavy atom. The Labute approximate surface area is 80.6 Å². The second-order valence-corrected chi connectivity index (χ2v) is 3.43. The Kier molecular flexibility index (Phi) is 3.58. The molecule has 1 aromatic rings. The standard InChI is InChI=1S/C11H13BN/c1-9(2)11-5-3-10(4-6-11)7-12-8-13/h3-6,9H,7H2,1-2H3. The van der Waals surface area contributed by atoms with E-state index in [1.54, 1.807) is 7.28 Å². The summed E-state index contributed by atoms with van der Waals surface area (Å²) in [6, 6.07) is 8.43. The van der Waals surface area contributed by atoms with E-state index in [1.165, 1.54) is 11.1 Å². The predicted octanol–water partition coefficient (Wildman–Crippen LogP) is 2.50. The van der Waals surface area contributed by atoms with E-state index in [-0.39, 0.29) is 0 Å². The molecule has 0 aromatic heterocycles. The number of hydrogen-bond acceptors (Lipinski definition) is 1. The van der Waals surface area contributed by atoms with E-state index in [0.717, 1.165) is 6.32 Å². The third kappa shape index (κ3) is 2.95. The van der Waals surface area contributed by atoms with Crippen molar-refractivity contribution in [3.63, 3.8) is 0 Å². The fourth-order valence-electron chi connectivity index (χ4n) is 1.20. The molecule has 0 aliphatic rings. The molecular formula is C11H13BN. The summed E-state index contributed by atoms with van der Waals surface area (Å²) in [7, 11) is 1.62. The Bertz CT molecular complexity index is 295. The average Bonchev–Trinajstić information content (AvgIpc) is 2.15. The zero-order chi connectivity index (χ0) is 9.68. The van der Waals surface area contributed by atoms with Gasteiger partial charge in [-0.15, -0.1) is 0 Å². The van der Waals surface area contributed by atoms with Crippen molar-refractivity contribution in [1.82, 2.24) is 0 Å². The lowest BCUT2D eigenvalue weighted by atomic mass is 9.74. The summed E-state index contributed by atoms with van der Waals surface area (Å²) < 4.78 is 0. The number of nitrogens with zero attached hydrogens (tertiary/aromatic N) is 1. The third-order valence-electron chi connectivity index (χ3n) is 2.08. The van der Waals surface area contributed by atoms with Crippen LogP contribution in [0.2, 0.25) is 0 Å². The highest BCUT2D eigenvalue weighted by Gasteiger charge is 1.98. The molecule has 65 valence electrons. The van der Waals surface area contributed by atoms with Gasteiger partial charge in [0.15, 0.2) is 0 Å². The molecule has 0 aliphatic heterocycles. The van der Waals surface area contributed by atoms with E-state index in [9.17, 15) is 0 Å². The third-order valence-corrected chi connectivity index (χ3v) is 2.08. The van der Waals surface area contributed by atoms with Crippen LogP contribution in [0.15, 0.2) is 24.3 Å². The quantitative estimate of drug-likeness (QED) is 0.639. The normalized spacial score (nSPS) is 9.69. The van der Waals surface area contributed by atoms with Gasteiger partial charge in [-0.2, -0.15) is 0 Å². The first-order valence-electron chi connectivity index (χ1n) is 4.54. The first-order chi connectivity index (χ1) is 6.24. The highest BCUT2D eigenvalue weighted by molar-refractivity contribution is 6.44. The van der Waals surface area contributed by atoms with Crippen LogP contribution in [-0.4, -0.2) is 7.28 Å². The van der Waals surface area contributed by atoms with Gasteiger partial charge in [-0.3, -0.25) is 0 Å². The summed E-state index contributed by atoms with van der Waals surface area (Å²) in [6.07, 6.45) is 0.745. The van der Waals surface area contributed by atoms with E-state index >= 15 is 0 Å². The average molecular weight is 170 g/mol. The Morgan fingerprint density at radius 2 is 1.92 bits per heavy atom. The van der Waals surface area contributed by atoms with Crippen LogP contribution in [0.5, 0.6) is 0 Å². The van der Waals surface area contributed by atoms with E-state index < -0.39 is 0 Å². The largest absolute Gasteiger partial charge is 0.259 e. The number of benzene rings is 1. The fraction of sp³-hybridized carbons (Fsp3) is 0.364. The summed E-state index contributed by atoms with van der Waals surface area (Å²) in [6.45, 7) is 4.35. The lowest BCUT2D eigenvalue weighted by Gasteiger charge is -2.05. The molecule has 0 fully saturated rings. The molecule has 0 aliphatic carbocycles. The fourth-order valence-corrected chi connectivity index (χ4v) is 1.20. The van der Waals surface area contributed by atoms with Crippen LogP contribution in [-0.2, 0) is 6.32 Å². The van der Waals surface area contributed by atoms with Gasteiger partial charge in [0.1, 0.15) is 0 Å². The van der Waals surface area contributed by atoms with Gasteiger partial charge in [0.25, 0.3) is 7.28 Å². The maximum Gasteiger partial charge on any atom is 0.259 e. The summed E-state index contributed by atoms with van der Waals surface area (Å²) in [4.78, 5) is 0. The minimum absolute atomic E-state index is 0.578. The van der Waals surface area contributed by atoms with Crippen LogP contribution in [0, 0.1) is 11.2 Å². The molecule has 0 unspecified atom stereocenters. The van der Waals surface area contributed by atoms with E-state index in [4.69, 9.17) is 5.26 Å². The summed E-state index contributed by atoms with van der Waals surface area (Å²) in [5.74, 6) is 2.61. The molecule has 1 aromatic carbocycles. The van der Waals surface area contributed by atoms with Crippen molar-refractivity contribution in [1.29, 1.82) is 5.26 Å². The monoisotopic (exact) mass is 170 g/mol. The molecule has 0 amide bonds. The highest BCUT2D eigenvalue weighted by atomic mass is 14.2. The van der Waals surface area contributed by atoms with Crippen LogP contribution >= 0.6 is 0 Å². The van der Waals surface area contributed by atoms with Gasteiger partial charge in [-0.05, 0) is 23.8 Å². The first kappa shape index (κ1) is 9.86. The van der Waals surface area contributed by atoms with Crippen LogP contribution in [0.3, 0.4) is 0 Å². The van der Waals surface area contributed by atoms with Gasteiger partial charge in [0.05, 0.1) is 0 Å². The molecule has 0 heterocycles. The van der Waals surface area contributed by atoms with Crippen molar-refractivity contribution in [2.45, 2.75) is 26.1 Å². The molecule has 1 radical (unpaired) electrons. The highest BCUT2D eigenvalue weighted by Crippen LogP contribution is 2.14. The summed E-state index contributed by atoms with van der Waals surface area (Å²) >= 11 is 0. The van der Waals surface area contributed by atoms with Gasteiger partial charge in [-0.1, -0.05) is 43.7 Å². The number of nitriles is 1. The van der Waals surface area contributed by atoms with Crippen LogP contribution in [0.4, 0.5) is 0 Å². The molecule has 0 atom stereocenters. The summed E-state index contributed by atoms with van der Waals surface area (Å²) in [5.41, 5.74) is 2.55. The zero-order valence-electron chi connectivity index (χ0n) is 8.12. The van der Waals surface area contributed by atoms with Gasteiger partial charge >= 0.3 is 0 Å². The maximum absolute atomic E-state index is 8.36. The number of rotatable bonds is 3. The SMILES string of the molecule is CC(C)c1ccc(C[B]C#N)cc1. The Hall–Kier alpha value is -1.23. The van der Waals surface area contributed by atoms with Crippen LogP contribution in [0.25, 0.3) is 0 Å². The topological polar surface area (TPSA) is 23.8 Å². The molecule has 2 heteroatoms. The molecule has 0 saturated carbocycles. The Balaban J connectivity index is 2.65. The smallest absolute Gasteiger partial charge is 0.213 e. The van der Waals surface area contributed by atoms with Crippen LogP contribution in [0.1, 0.15) is 30.9 Å². The van der Waals surface area contributed by atoms with E-state index in [1.807, 2.05) is 5.97 Å². The summed E-state index contributed by atoms with van der Waals surface area (Å²) in [5, 5.41) is 8.36. The Morgan fingerprint density at radius 1 is 1.31 bits per heavy atom. The second kappa shape index (κ2) is 4.72. The van der Waals surface area contributed by atoms with Crippen LogP contribution < -0.4 is 0 Å². The first-order valence-corrected chi connectivity index (χ1v) is 4.54. The molecule has 0 spiro atoms. The minimum Gasteiger partial charge on any atom is -0.213 e. The predicted molar refractivity (Wildman–Crippen MR) is 55.6 cm³/mol.